The Morgan fingerprint density at radius 1 is 1.12 bits per heavy atom. The van der Waals surface area contributed by atoms with Crippen LogP contribution in [0.1, 0.15) is 59.6 Å². The number of hydrogen-bond acceptors (Lipinski definition) is 2. The third kappa shape index (κ3) is 5.32. The Bertz CT molecular complexity index is 1100. The van der Waals surface area contributed by atoms with Gasteiger partial charge in [-0.3, -0.25) is 4.79 Å². The Hall–Kier alpha value is -3.01. The molecule has 1 N–H and O–H groups in total. The van der Waals surface area contributed by atoms with Crippen molar-refractivity contribution >= 4 is 11.6 Å². The van der Waals surface area contributed by atoms with Crippen molar-refractivity contribution in [3.05, 3.63) is 82.7 Å². The van der Waals surface area contributed by atoms with Gasteiger partial charge in [0.2, 0.25) is 0 Å². The topological polar surface area (TPSA) is 37.3 Å². The molecule has 0 unspecified atom stereocenters. The number of nitrogens with one attached hydrogen (secondary N) is 1. The summed E-state index contributed by atoms with van der Waals surface area (Å²) in [6.45, 7) is 11.4. The van der Waals surface area contributed by atoms with Crippen molar-refractivity contribution in [3.8, 4) is 5.69 Å². The zero-order valence-corrected chi connectivity index (χ0v) is 20.5. The van der Waals surface area contributed by atoms with Crippen LogP contribution in [0, 0.1) is 19.8 Å². The van der Waals surface area contributed by atoms with E-state index in [2.05, 4.69) is 84.9 Å². The molecule has 1 aromatic heterocycles. The van der Waals surface area contributed by atoms with Crippen molar-refractivity contribution in [3.63, 3.8) is 0 Å². The van der Waals surface area contributed by atoms with Gasteiger partial charge in [-0.05, 0) is 106 Å². The first-order valence-corrected chi connectivity index (χ1v) is 12.4. The Labute approximate surface area is 198 Å². The molecule has 0 saturated heterocycles. The van der Waals surface area contributed by atoms with Gasteiger partial charge in [0.1, 0.15) is 0 Å². The monoisotopic (exact) mass is 443 g/mol. The lowest BCUT2D eigenvalue weighted by Gasteiger charge is -2.23. The van der Waals surface area contributed by atoms with Crippen LogP contribution in [0.5, 0.6) is 0 Å². The van der Waals surface area contributed by atoms with Gasteiger partial charge in [-0.25, -0.2) is 0 Å². The number of fused-ring (bicyclic) bond motifs is 1. The smallest absolute Gasteiger partial charge is 0.251 e. The molecular formula is C29H37N3O. The highest BCUT2D eigenvalue weighted by Crippen LogP contribution is 2.30. The van der Waals surface area contributed by atoms with Crippen molar-refractivity contribution in [1.82, 2.24) is 9.88 Å². The van der Waals surface area contributed by atoms with Gasteiger partial charge in [0.25, 0.3) is 5.91 Å². The summed E-state index contributed by atoms with van der Waals surface area (Å²) in [6, 6.07) is 19.0. The normalized spacial score (nSPS) is 15.2. The minimum absolute atomic E-state index is 0.000218. The van der Waals surface area contributed by atoms with Gasteiger partial charge in [-0.2, -0.15) is 0 Å². The van der Waals surface area contributed by atoms with Crippen LogP contribution >= 0.6 is 0 Å². The molecule has 0 fully saturated rings. The number of nitrogens with zero attached hydrogens (tertiary/aromatic N) is 2. The van der Waals surface area contributed by atoms with E-state index in [1.807, 2.05) is 12.1 Å². The molecule has 0 saturated carbocycles. The second kappa shape index (κ2) is 10.3. The molecule has 1 atom stereocenters. The number of anilines is 1. The SMILES string of the molecule is CCN(CCCNC(=O)c1ccc(-n2c(C)cc3c2CC[C@@H](C)C3)cc1)c1cccc(C)c1. The van der Waals surface area contributed by atoms with Gasteiger partial charge in [0, 0.05) is 48.0 Å². The van der Waals surface area contributed by atoms with Gasteiger partial charge < -0.3 is 14.8 Å². The molecule has 4 nitrogen and oxygen atoms in total. The molecular weight excluding hydrogens is 406 g/mol. The van der Waals surface area contributed by atoms with Crippen molar-refractivity contribution in [2.45, 2.75) is 53.4 Å². The van der Waals surface area contributed by atoms with Crippen LogP contribution in [-0.4, -0.2) is 30.1 Å². The summed E-state index contributed by atoms with van der Waals surface area (Å²) in [5.41, 5.74) is 8.59. The average molecular weight is 444 g/mol. The number of carbonyl (C=O) groups is 1. The predicted octanol–water partition coefficient (Wildman–Crippen LogP) is 5.87. The zero-order chi connectivity index (χ0) is 23.4. The molecule has 3 aromatic rings. The third-order valence-corrected chi connectivity index (χ3v) is 6.85. The van der Waals surface area contributed by atoms with Gasteiger partial charge in [0.05, 0.1) is 0 Å². The highest BCUT2D eigenvalue weighted by atomic mass is 16.1. The minimum Gasteiger partial charge on any atom is -0.372 e. The Morgan fingerprint density at radius 2 is 1.91 bits per heavy atom. The molecule has 0 aliphatic heterocycles. The van der Waals surface area contributed by atoms with E-state index in [4.69, 9.17) is 0 Å². The van der Waals surface area contributed by atoms with E-state index in [1.54, 1.807) is 0 Å². The van der Waals surface area contributed by atoms with E-state index in [1.165, 1.54) is 41.0 Å². The Morgan fingerprint density at radius 3 is 2.64 bits per heavy atom. The maximum atomic E-state index is 12.7. The second-order valence-electron chi connectivity index (χ2n) is 9.52. The summed E-state index contributed by atoms with van der Waals surface area (Å²) in [7, 11) is 0. The maximum Gasteiger partial charge on any atom is 0.251 e. The van der Waals surface area contributed by atoms with Crippen LogP contribution in [0.15, 0.2) is 54.6 Å². The Kier molecular flexibility index (Phi) is 7.22. The molecule has 1 amide bonds. The van der Waals surface area contributed by atoms with Crippen molar-refractivity contribution < 1.29 is 4.79 Å². The number of amides is 1. The average Bonchev–Trinajstić information content (AvgIpc) is 3.13. The molecule has 1 heterocycles. The molecule has 0 radical (unpaired) electrons. The molecule has 4 heteroatoms. The fourth-order valence-electron chi connectivity index (χ4n) is 5.06. The van der Waals surface area contributed by atoms with Gasteiger partial charge >= 0.3 is 0 Å². The molecule has 33 heavy (non-hydrogen) atoms. The number of rotatable bonds is 8. The maximum absolute atomic E-state index is 12.7. The quantitative estimate of drug-likeness (QED) is 0.442. The van der Waals surface area contributed by atoms with Crippen LogP contribution in [0.3, 0.4) is 0 Å². The fourth-order valence-corrected chi connectivity index (χ4v) is 5.06. The highest BCUT2D eigenvalue weighted by molar-refractivity contribution is 5.94. The number of hydrogen-bond donors (Lipinski definition) is 1. The first-order valence-electron chi connectivity index (χ1n) is 12.4. The van der Waals surface area contributed by atoms with E-state index >= 15 is 0 Å². The minimum atomic E-state index is 0.000218. The lowest BCUT2D eigenvalue weighted by atomic mass is 9.89. The molecule has 0 spiro atoms. The fraction of sp³-hybridized carbons (Fsp3) is 0.414. The second-order valence-corrected chi connectivity index (χ2v) is 9.52. The number of carbonyl (C=O) groups excluding carboxylic acids is 1. The van der Waals surface area contributed by atoms with Crippen molar-refractivity contribution in [2.75, 3.05) is 24.5 Å². The van der Waals surface area contributed by atoms with Crippen molar-refractivity contribution in [1.29, 1.82) is 0 Å². The highest BCUT2D eigenvalue weighted by Gasteiger charge is 2.21. The number of aromatic nitrogens is 1. The van der Waals surface area contributed by atoms with E-state index in [9.17, 15) is 4.79 Å². The summed E-state index contributed by atoms with van der Waals surface area (Å²) >= 11 is 0. The van der Waals surface area contributed by atoms with E-state index < -0.39 is 0 Å². The van der Waals surface area contributed by atoms with Gasteiger partial charge in [-0.15, -0.1) is 0 Å². The zero-order valence-electron chi connectivity index (χ0n) is 20.5. The largest absolute Gasteiger partial charge is 0.372 e. The molecule has 1 aliphatic rings. The molecule has 2 aromatic carbocycles. The number of aryl methyl sites for hydroxylation is 2. The van der Waals surface area contributed by atoms with Crippen LogP contribution in [0.4, 0.5) is 5.69 Å². The van der Waals surface area contributed by atoms with Crippen LogP contribution in [0.2, 0.25) is 0 Å². The summed E-state index contributed by atoms with van der Waals surface area (Å²) in [6.07, 6.45) is 4.46. The van der Waals surface area contributed by atoms with Crippen LogP contribution in [0.25, 0.3) is 5.69 Å². The lowest BCUT2D eigenvalue weighted by molar-refractivity contribution is 0.0953. The first kappa shape index (κ1) is 23.2. The Balaban J connectivity index is 1.33. The van der Waals surface area contributed by atoms with Crippen molar-refractivity contribution in [2.24, 2.45) is 5.92 Å². The standard InChI is InChI=1S/C29H37N3O/c1-5-31(27-9-6-8-21(2)19-27)17-7-16-30-29(33)24-11-13-26(14-12-24)32-23(4)20-25-18-22(3)10-15-28(25)32/h6,8-9,11-14,19-20,22H,5,7,10,15-18H2,1-4H3,(H,30,33)/t22-/m1/s1. The van der Waals surface area contributed by atoms with Crippen LogP contribution < -0.4 is 10.2 Å². The van der Waals surface area contributed by atoms with E-state index in [0.29, 0.717) is 6.54 Å². The third-order valence-electron chi connectivity index (χ3n) is 6.85. The summed E-state index contributed by atoms with van der Waals surface area (Å²) in [4.78, 5) is 15.0. The molecule has 0 bridgehead atoms. The van der Waals surface area contributed by atoms with Gasteiger partial charge in [-0.1, -0.05) is 19.1 Å². The van der Waals surface area contributed by atoms with Crippen LogP contribution in [-0.2, 0) is 12.8 Å². The van der Waals surface area contributed by atoms with Gasteiger partial charge in [0.15, 0.2) is 0 Å². The molecule has 4 rings (SSSR count). The molecule has 174 valence electrons. The molecule has 1 aliphatic carbocycles. The first-order chi connectivity index (χ1) is 16.0. The van der Waals surface area contributed by atoms with E-state index in [0.717, 1.165) is 43.1 Å². The summed E-state index contributed by atoms with van der Waals surface area (Å²) in [5.74, 6) is 0.764. The summed E-state index contributed by atoms with van der Waals surface area (Å²) in [5, 5.41) is 3.09. The van der Waals surface area contributed by atoms with E-state index in [-0.39, 0.29) is 5.91 Å². The predicted molar refractivity (Wildman–Crippen MR) is 138 cm³/mol. The number of benzene rings is 2. The lowest BCUT2D eigenvalue weighted by Crippen LogP contribution is -2.30. The summed E-state index contributed by atoms with van der Waals surface area (Å²) < 4.78 is 2.37.